The molecule has 3 N–H and O–H groups in total. The Balaban J connectivity index is 0.00000312. The van der Waals surface area contributed by atoms with Crippen LogP contribution in [0.2, 0.25) is 0 Å². The van der Waals surface area contributed by atoms with Crippen molar-refractivity contribution in [2.75, 3.05) is 31.1 Å². The summed E-state index contributed by atoms with van der Waals surface area (Å²) < 4.78 is 23.0. The van der Waals surface area contributed by atoms with Crippen molar-refractivity contribution in [1.82, 2.24) is 10.6 Å². The summed E-state index contributed by atoms with van der Waals surface area (Å²) in [5, 5.41) is 16.5. The number of halogens is 1. The molecule has 0 saturated carbocycles. The van der Waals surface area contributed by atoms with E-state index in [9.17, 15) is 13.5 Å². The van der Waals surface area contributed by atoms with Crippen molar-refractivity contribution in [3.05, 3.63) is 35.9 Å². The van der Waals surface area contributed by atoms with Crippen LogP contribution in [0.25, 0.3) is 0 Å². The number of aliphatic hydroxyl groups excluding tert-OH is 1. The fourth-order valence-corrected chi connectivity index (χ4v) is 4.60. The molecule has 1 aromatic carbocycles. The molecular weight excluding hydrogens is 453 g/mol. The first-order valence-electron chi connectivity index (χ1n) is 8.46. The monoisotopic (exact) mass is 481 g/mol. The van der Waals surface area contributed by atoms with Gasteiger partial charge in [-0.3, -0.25) is 4.99 Å². The van der Waals surface area contributed by atoms with Crippen molar-refractivity contribution in [1.29, 1.82) is 0 Å². The Morgan fingerprint density at radius 1 is 1.32 bits per heavy atom. The fourth-order valence-electron chi connectivity index (χ4n) is 2.75. The normalized spacial score (nSPS) is 20.6. The fraction of sp³-hybridized carbons (Fsp3) is 0.588. The first kappa shape index (κ1) is 22.2. The molecule has 1 aromatic rings. The van der Waals surface area contributed by atoms with E-state index < -0.39 is 15.9 Å². The highest BCUT2D eigenvalue weighted by molar-refractivity contribution is 14.0. The van der Waals surface area contributed by atoms with Gasteiger partial charge in [0.15, 0.2) is 15.8 Å². The van der Waals surface area contributed by atoms with E-state index in [1.807, 2.05) is 37.3 Å². The van der Waals surface area contributed by atoms with Crippen LogP contribution in [0.5, 0.6) is 0 Å². The summed E-state index contributed by atoms with van der Waals surface area (Å²) in [6, 6.07) is 9.56. The summed E-state index contributed by atoms with van der Waals surface area (Å²) in [6.07, 6.45) is 0.756. The standard InChI is InChI=1S/C17H27N3O3S.HI/c1-2-18-17(20-12-14-9-11-24(22,23)13-14)19-10-8-16(21)15-6-4-3-5-7-15;/h3-7,14,16,21H,2,8-13H2,1H3,(H2,18,19,20);1H. The lowest BCUT2D eigenvalue weighted by Gasteiger charge is -2.15. The summed E-state index contributed by atoms with van der Waals surface area (Å²) >= 11 is 0. The van der Waals surface area contributed by atoms with E-state index in [4.69, 9.17) is 0 Å². The van der Waals surface area contributed by atoms with Crippen molar-refractivity contribution in [3.63, 3.8) is 0 Å². The lowest BCUT2D eigenvalue weighted by Crippen LogP contribution is -2.38. The summed E-state index contributed by atoms with van der Waals surface area (Å²) in [4.78, 5) is 4.48. The molecular formula is C17H28IN3O3S. The van der Waals surface area contributed by atoms with Gasteiger partial charge in [-0.25, -0.2) is 8.42 Å². The van der Waals surface area contributed by atoms with Gasteiger partial charge in [-0.1, -0.05) is 30.3 Å². The highest BCUT2D eigenvalue weighted by Gasteiger charge is 2.27. The molecule has 8 heteroatoms. The average Bonchev–Trinajstić information content (AvgIpc) is 2.92. The van der Waals surface area contributed by atoms with Gasteiger partial charge in [-0.05, 0) is 31.2 Å². The Hall–Kier alpha value is -0.870. The zero-order chi connectivity index (χ0) is 17.4. The number of guanidine groups is 1. The Labute approximate surface area is 167 Å². The van der Waals surface area contributed by atoms with E-state index >= 15 is 0 Å². The van der Waals surface area contributed by atoms with Crippen LogP contribution in [0, 0.1) is 5.92 Å². The third-order valence-corrected chi connectivity index (χ3v) is 5.91. The van der Waals surface area contributed by atoms with Gasteiger partial charge in [0.25, 0.3) is 0 Å². The molecule has 1 heterocycles. The minimum absolute atomic E-state index is 0. The molecule has 0 amide bonds. The second kappa shape index (κ2) is 11.0. The molecule has 1 saturated heterocycles. The molecule has 0 spiro atoms. The van der Waals surface area contributed by atoms with Gasteiger partial charge >= 0.3 is 0 Å². The van der Waals surface area contributed by atoms with Gasteiger partial charge in [0.05, 0.1) is 17.6 Å². The van der Waals surface area contributed by atoms with Crippen molar-refractivity contribution in [2.45, 2.75) is 25.9 Å². The Bertz CT molecular complexity index is 638. The molecule has 2 unspecified atom stereocenters. The van der Waals surface area contributed by atoms with Crippen molar-refractivity contribution in [2.24, 2.45) is 10.9 Å². The molecule has 142 valence electrons. The minimum atomic E-state index is -2.86. The number of aliphatic hydroxyl groups is 1. The van der Waals surface area contributed by atoms with Gasteiger partial charge in [-0.2, -0.15) is 0 Å². The first-order chi connectivity index (χ1) is 11.5. The Morgan fingerprint density at radius 2 is 2.04 bits per heavy atom. The second-order valence-corrected chi connectivity index (χ2v) is 8.36. The van der Waals surface area contributed by atoms with Crippen LogP contribution >= 0.6 is 24.0 Å². The lowest BCUT2D eigenvalue weighted by atomic mass is 10.1. The number of rotatable bonds is 7. The van der Waals surface area contributed by atoms with Gasteiger partial charge in [0.2, 0.25) is 0 Å². The highest BCUT2D eigenvalue weighted by Crippen LogP contribution is 2.18. The second-order valence-electron chi connectivity index (χ2n) is 6.13. The predicted molar refractivity (Wildman–Crippen MR) is 112 cm³/mol. The largest absolute Gasteiger partial charge is 0.388 e. The first-order valence-corrected chi connectivity index (χ1v) is 10.3. The van der Waals surface area contributed by atoms with Crippen LogP contribution in [0.15, 0.2) is 35.3 Å². The Morgan fingerprint density at radius 3 is 2.64 bits per heavy atom. The zero-order valence-electron chi connectivity index (χ0n) is 14.5. The van der Waals surface area contributed by atoms with E-state index in [1.54, 1.807) is 0 Å². The molecule has 6 nitrogen and oxygen atoms in total. The van der Waals surface area contributed by atoms with Crippen molar-refractivity contribution in [3.8, 4) is 0 Å². The number of nitrogens with one attached hydrogen (secondary N) is 2. The van der Waals surface area contributed by atoms with Crippen LogP contribution in [0.4, 0.5) is 0 Å². The number of aliphatic imine (C=N–C) groups is 1. The smallest absolute Gasteiger partial charge is 0.191 e. The van der Waals surface area contributed by atoms with E-state index in [1.165, 1.54) is 0 Å². The molecule has 0 aliphatic carbocycles. The molecule has 25 heavy (non-hydrogen) atoms. The van der Waals surface area contributed by atoms with Gasteiger partial charge in [0, 0.05) is 19.6 Å². The Kier molecular flexibility index (Phi) is 9.73. The molecule has 2 rings (SSSR count). The number of hydrogen-bond acceptors (Lipinski definition) is 4. The molecule has 1 aliphatic rings. The maximum atomic E-state index is 11.5. The van der Waals surface area contributed by atoms with Crippen LogP contribution in [0.3, 0.4) is 0 Å². The maximum Gasteiger partial charge on any atom is 0.191 e. The van der Waals surface area contributed by atoms with Crippen LogP contribution in [-0.2, 0) is 9.84 Å². The zero-order valence-corrected chi connectivity index (χ0v) is 17.7. The SMILES string of the molecule is CCNC(=NCC1CCS(=O)(=O)C1)NCCC(O)c1ccccc1.I. The van der Waals surface area contributed by atoms with E-state index in [0.717, 1.165) is 12.1 Å². The highest BCUT2D eigenvalue weighted by atomic mass is 127. The van der Waals surface area contributed by atoms with E-state index in [2.05, 4.69) is 15.6 Å². The maximum absolute atomic E-state index is 11.5. The summed E-state index contributed by atoms with van der Waals surface area (Å²) in [6.45, 7) is 3.81. The predicted octanol–water partition coefficient (Wildman–Crippen LogP) is 1.72. The van der Waals surface area contributed by atoms with Crippen LogP contribution < -0.4 is 10.6 Å². The van der Waals surface area contributed by atoms with Gasteiger partial charge < -0.3 is 15.7 Å². The van der Waals surface area contributed by atoms with Gasteiger partial charge in [-0.15, -0.1) is 24.0 Å². The number of benzene rings is 1. The van der Waals surface area contributed by atoms with Crippen molar-refractivity contribution < 1.29 is 13.5 Å². The summed E-state index contributed by atoms with van der Waals surface area (Å²) in [7, 11) is -2.86. The van der Waals surface area contributed by atoms with Crippen LogP contribution in [-0.4, -0.2) is 50.6 Å². The number of nitrogens with zero attached hydrogens (tertiary/aromatic N) is 1. The molecule has 0 aromatic heterocycles. The minimum Gasteiger partial charge on any atom is -0.388 e. The molecule has 1 aliphatic heterocycles. The quantitative estimate of drug-likeness (QED) is 0.314. The van der Waals surface area contributed by atoms with E-state index in [0.29, 0.717) is 31.9 Å². The number of sulfone groups is 1. The number of hydrogen-bond donors (Lipinski definition) is 3. The third-order valence-electron chi connectivity index (χ3n) is 4.07. The van der Waals surface area contributed by atoms with Crippen molar-refractivity contribution >= 4 is 39.8 Å². The average molecular weight is 481 g/mol. The summed E-state index contributed by atoms with van der Waals surface area (Å²) in [5.41, 5.74) is 0.900. The van der Waals surface area contributed by atoms with Crippen LogP contribution in [0.1, 0.15) is 31.4 Å². The topological polar surface area (TPSA) is 90.8 Å². The molecule has 0 radical (unpaired) electrons. The lowest BCUT2D eigenvalue weighted by molar-refractivity contribution is 0.168. The molecule has 2 atom stereocenters. The van der Waals surface area contributed by atoms with Gasteiger partial charge in [0.1, 0.15) is 0 Å². The van der Waals surface area contributed by atoms with E-state index in [-0.39, 0.29) is 41.4 Å². The molecule has 0 bridgehead atoms. The molecule has 1 fully saturated rings. The summed E-state index contributed by atoms with van der Waals surface area (Å²) in [5.74, 6) is 1.30. The third kappa shape index (κ3) is 7.91.